The summed E-state index contributed by atoms with van der Waals surface area (Å²) in [6.07, 6.45) is 8.51. The molecule has 1 aliphatic rings. The Morgan fingerprint density at radius 2 is 1.82 bits per heavy atom. The van der Waals surface area contributed by atoms with E-state index in [-0.39, 0.29) is 22.3 Å². The zero-order valence-electron chi connectivity index (χ0n) is 17.9. The smallest absolute Gasteiger partial charge is 0.356 e. The van der Waals surface area contributed by atoms with Gasteiger partial charge in [0.1, 0.15) is 5.69 Å². The summed E-state index contributed by atoms with van der Waals surface area (Å²) in [5, 5.41) is 0. The van der Waals surface area contributed by atoms with Crippen LogP contribution >= 0.6 is 0 Å². The average Bonchev–Trinajstić information content (AvgIpc) is 2.67. The zero-order chi connectivity index (χ0) is 21.1. The average molecular weight is 382 g/mol. The quantitative estimate of drug-likeness (QED) is 0.496. The minimum Gasteiger partial charge on any atom is -0.464 e. The summed E-state index contributed by atoms with van der Waals surface area (Å²) in [6.45, 7) is 15.1. The monoisotopic (exact) mass is 381 g/mol. The third-order valence-corrected chi connectivity index (χ3v) is 5.67. The number of hydrogen-bond acceptors (Lipinski definition) is 4. The number of ketones is 1. The van der Waals surface area contributed by atoms with Crippen molar-refractivity contribution in [3.05, 3.63) is 65.0 Å². The number of methoxy groups -OCH3 is 1. The molecule has 1 aromatic heterocycles. The van der Waals surface area contributed by atoms with E-state index in [0.717, 1.165) is 30.4 Å². The Labute approximate surface area is 168 Å². The number of nitrogens with zero attached hydrogens (tertiary/aromatic N) is 1. The minimum absolute atomic E-state index is 0.0899. The van der Waals surface area contributed by atoms with Gasteiger partial charge in [-0.25, -0.2) is 9.78 Å². The number of Topliss-reactive ketones (excluding diaryl/α,β-unsaturated/α-hetero) is 1. The molecule has 0 saturated heterocycles. The van der Waals surface area contributed by atoms with Crippen LogP contribution in [0, 0.1) is 10.8 Å². The molecule has 0 unspecified atom stereocenters. The van der Waals surface area contributed by atoms with Gasteiger partial charge in [0.2, 0.25) is 0 Å². The molecule has 0 bridgehead atoms. The molecule has 1 aliphatic carbocycles. The van der Waals surface area contributed by atoms with Gasteiger partial charge in [-0.1, -0.05) is 40.3 Å². The molecule has 0 atom stereocenters. The van der Waals surface area contributed by atoms with Crippen molar-refractivity contribution in [1.82, 2.24) is 4.98 Å². The first-order chi connectivity index (χ1) is 13.0. The second kappa shape index (κ2) is 8.26. The fourth-order valence-electron chi connectivity index (χ4n) is 3.09. The van der Waals surface area contributed by atoms with Crippen LogP contribution in [0.5, 0.6) is 0 Å². The van der Waals surface area contributed by atoms with E-state index in [4.69, 9.17) is 0 Å². The highest BCUT2D eigenvalue weighted by molar-refractivity contribution is 6.11. The molecular formula is C24H31NO3. The topological polar surface area (TPSA) is 56.3 Å². The van der Waals surface area contributed by atoms with Gasteiger partial charge in [0.05, 0.1) is 7.11 Å². The van der Waals surface area contributed by atoms with Crippen molar-refractivity contribution in [2.75, 3.05) is 7.11 Å². The van der Waals surface area contributed by atoms with E-state index in [1.807, 2.05) is 13.0 Å². The molecule has 28 heavy (non-hydrogen) atoms. The van der Waals surface area contributed by atoms with Crippen molar-refractivity contribution in [3.63, 3.8) is 0 Å². The summed E-state index contributed by atoms with van der Waals surface area (Å²) in [6, 6.07) is 3.13. The van der Waals surface area contributed by atoms with Crippen LogP contribution < -0.4 is 0 Å². The molecule has 0 fully saturated rings. The van der Waals surface area contributed by atoms with Gasteiger partial charge in [-0.2, -0.15) is 0 Å². The molecule has 0 amide bonds. The number of carbonyl (C=O) groups excluding carboxylic acids is 2. The number of ether oxygens (including phenoxy) is 1. The van der Waals surface area contributed by atoms with Crippen molar-refractivity contribution in [2.24, 2.45) is 10.8 Å². The predicted octanol–water partition coefficient (Wildman–Crippen LogP) is 5.72. The van der Waals surface area contributed by atoms with E-state index in [1.54, 1.807) is 6.07 Å². The zero-order valence-corrected chi connectivity index (χ0v) is 17.9. The van der Waals surface area contributed by atoms with Crippen molar-refractivity contribution in [3.8, 4) is 0 Å². The molecule has 4 nitrogen and oxygen atoms in total. The lowest BCUT2D eigenvalue weighted by atomic mass is 9.72. The van der Waals surface area contributed by atoms with Crippen LogP contribution in [0.15, 0.2) is 53.8 Å². The van der Waals surface area contributed by atoms with Crippen LogP contribution in [-0.2, 0) is 4.74 Å². The maximum atomic E-state index is 13.2. The Morgan fingerprint density at radius 3 is 2.39 bits per heavy atom. The molecular weight excluding hydrogens is 350 g/mol. The molecule has 1 heterocycles. The summed E-state index contributed by atoms with van der Waals surface area (Å²) >= 11 is 0. The van der Waals surface area contributed by atoms with Gasteiger partial charge in [-0.05, 0) is 66.4 Å². The first-order valence-corrected chi connectivity index (χ1v) is 9.64. The minimum atomic E-state index is -0.523. The summed E-state index contributed by atoms with van der Waals surface area (Å²) in [5.74, 6) is -0.640. The van der Waals surface area contributed by atoms with Gasteiger partial charge < -0.3 is 4.74 Å². The molecule has 4 heteroatoms. The van der Waals surface area contributed by atoms with Crippen LogP contribution in [0.4, 0.5) is 0 Å². The van der Waals surface area contributed by atoms with E-state index in [1.165, 1.54) is 19.4 Å². The van der Waals surface area contributed by atoms with Crippen LogP contribution in [0.3, 0.4) is 0 Å². The predicted molar refractivity (Wildman–Crippen MR) is 112 cm³/mol. The lowest BCUT2D eigenvalue weighted by Crippen LogP contribution is -2.21. The van der Waals surface area contributed by atoms with Crippen molar-refractivity contribution >= 4 is 11.8 Å². The Balaban J connectivity index is 2.46. The Bertz CT molecular complexity index is 839. The molecule has 0 aromatic carbocycles. The molecule has 0 N–H and O–H groups in total. The second-order valence-corrected chi connectivity index (χ2v) is 8.98. The Hall–Kier alpha value is -2.49. The van der Waals surface area contributed by atoms with Crippen molar-refractivity contribution < 1.29 is 14.3 Å². The number of hydrogen-bond donors (Lipinski definition) is 0. The van der Waals surface area contributed by atoms with Gasteiger partial charge in [0.25, 0.3) is 0 Å². The van der Waals surface area contributed by atoms with Crippen molar-refractivity contribution in [2.45, 2.75) is 53.9 Å². The van der Waals surface area contributed by atoms with E-state index in [0.29, 0.717) is 11.1 Å². The highest BCUT2D eigenvalue weighted by Crippen LogP contribution is 2.40. The largest absolute Gasteiger partial charge is 0.464 e. The third-order valence-electron chi connectivity index (χ3n) is 5.67. The summed E-state index contributed by atoms with van der Waals surface area (Å²) in [7, 11) is 1.30. The van der Waals surface area contributed by atoms with Crippen LogP contribution in [-0.4, -0.2) is 23.8 Å². The number of allylic oxidation sites excluding steroid dienone is 5. The molecule has 2 rings (SSSR count). The number of carbonyl (C=O) groups is 2. The lowest BCUT2D eigenvalue weighted by Gasteiger charge is -2.33. The maximum absolute atomic E-state index is 13.2. The molecule has 1 aromatic rings. The molecule has 0 aliphatic heterocycles. The second-order valence-electron chi connectivity index (χ2n) is 8.98. The van der Waals surface area contributed by atoms with E-state index >= 15 is 0 Å². The summed E-state index contributed by atoms with van der Waals surface area (Å²) in [5.41, 5.74) is 3.20. The fourth-order valence-corrected chi connectivity index (χ4v) is 3.09. The number of pyridine rings is 1. The van der Waals surface area contributed by atoms with E-state index in [2.05, 4.69) is 50.1 Å². The highest BCUT2D eigenvalue weighted by Gasteiger charge is 2.28. The first-order valence-electron chi connectivity index (χ1n) is 9.64. The van der Waals surface area contributed by atoms with Gasteiger partial charge >= 0.3 is 5.97 Å². The van der Waals surface area contributed by atoms with E-state index < -0.39 is 5.97 Å². The SMILES string of the molecule is C=C1/C=C(C(=O)c2ccc(C(=O)OC)nc2)\C(C)=C/CC(C)(C)CCC1(C)C. The first kappa shape index (κ1) is 21.8. The van der Waals surface area contributed by atoms with E-state index in [9.17, 15) is 9.59 Å². The van der Waals surface area contributed by atoms with Crippen molar-refractivity contribution in [1.29, 1.82) is 0 Å². The van der Waals surface area contributed by atoms with Crippen LogP contribution in [0.1, 0.15) is 74.7 Å². The summed E-state index contributed by atoms with van der Waals surface area (Å²) in [4.78, 5) is 28.9. The van der Waals surface area contributed by atoms with Gasteiger partial charge in [-0.3, -0.25) is 4.79 Å². The fraction of sp³-hybridized carbons (Fsp3) is 0.458. The standard InChI is InChI=1S/C24H31NO3/c1-16-10-11-23(3,4)12-13-24(5,6)17(2)14-19(16)21(26)18-8-9-20(25-15-18)22(27)28-7/h8-10,14-15H,2,11-13H2,1,3-7H3/b16-10-,19-14+. The molecule has 0 spiro atoms. The number of aromatic nitrogens is 1. The Morgan fingerprint density at radius 1 is 1.14 bits per heavy atom. The Kier molecular flexibility index (Phi) is 6.43. The molecule has 150 valence electrons. The van der Waals surface area contributed by atoms with Gasteiger partial charge in [0, 0.05) is 17.3 Å². The normalized spacial score (nSPS) is 23.0. The maximum Gasteiger partial charge on any atom is 0.356 e. The van der Waals surface area contributed by atoms with Gasteiger partial charge in [-0.15, -0.1) is 0 Å². The number of esters is 1. The molecule has 0 radical (unpaired) electrons. The number of rotatable bonds is 3. The molecule has 0 saturated carbocycles. The third kappa shape index (κ3) is 5.06. The van der Waals surface area contributed by atoms with Crippen LogP contribution in [0.25, 0.3) is 0 Å². The van der Waals surface area contributed by atoms with Crippen LogP contribution in [0.2, 0.25) is 0 Å². The lowest BCUT2D eigenvalue weighted by molar-refractivity contribution is 0.0593. The highest BCUT2D eigenvalue weighted by atomic mass is 16.5. The summed E-state index contributed by atoms with van der Waals surface area (Å²) < 4.78 is 4.66. The van der Waals surface area contributed by atoms with Gasteiger partial charge in [0.15, 0.2) is 5.78 Å².